The van der Waals surface area contributed by atoms with E-state index in [0.717, 1.165) is 35.4 Å². The molecule has 1 aliphatic carbocycles. The fraction of sp³-hybridized carbons (Fsp3) is 0.240. The van der Waals surface area contributed by atoms with Gasteiger partial charge in [0.05, 0.1) is 5.69 Å². The Bertz CT molecular complexity index is 1110. The Hall–Kier alpha value is -2.67. The van der Waals surface area contributed by atoms with Crippen molar-refractivity contribution in [1.82, 2.24) is 14.8 Å². The van der Waals surface area contributed by atoms with Gasteiger partial charge in [-0.2, -0.15) is 0 Å². The summed E-state index contributed by atoms with van der Waals surface area (Å²) in [5.41, 5.74) is 1.49. The van der Waals surface area contributed by atoms with Gasteiger partial charge >= 0.3 is 0 Å². The van der Waals surface area contributed by atoms with Crippen molar-refractivity contribution in [1.29, 1.82) is 0 Å². The van der Waals surface area contributed by atoms with E-state index in [-0.39, 0.29) is 11.6 Å². The molecule has 2 aromatic carbocycles. The molecule has 31 heavy (non-hydrogen) atoms. The largest absolute Gasteiger partial charge is 0.295 e. The summed E-state index contributed by atoms with van der Waals surface area (Å²) in [6, 6.07) is 20.7. The first-order valence-electron chi connectivity index (χ1n) is 10.4. The second kappa shape index (κ2) is 8.11. The van der Waals surface area contributed by atoms with Gasteiger partial charge in [-0.3, -0.25) is 24.4 Å². The molecule has 0 amide bonds. The molecule has 0 spiro atoms. The Labute approximate surface area is 189 Å². The van der Waals surface area contributed by atoms with Gasteiger partial charge in [-0.1, -0.05) is 58.4 Å². The van der Waals surface area contributed by atoms with Gasteiger partial charge in [0.1, 0.15) is 0 Å². The van der Waals surface area contributed by atoms with Gasteiger partial charge in [0, 0.05) is 54.5 Å². The molecule has 1 saturated heterocycles. The van der Waals surface area contributed by atoms with Crippen LogP contribution in [0.3, 0.4) is 0 Å². The van der Waals surface area contributed by atoms with Gasteiger partial charge in [0.25, 0.3) is 0 Å². The molecule has 2 aliphatic rings. The molecule has 1 aliphatic heterocycles. The highest BCUT2D eigenvalue weighted by atomic mass is 79.9. The van der Waals surface area contributed by atoms with Crippen molar-refractivity contribution in [2.75, 3.05) is 26.2 Å². The highest BCUT2D eigenvalue weighted by Crippen LogP contribution is 2.43. The first-order chi connectivity index (χ1) is 15.1. The third-order valence-electron chi connectivity index (χ3n) is 6.27. The molecule has 1 aromatic heterocycles. The first kappa shape index (κ1) is 20.2. The van der Waals surface area contributed by atoms with E-state index in [1.165, 1.54) is 0 Å². The number of nitrogens with zero attached hydrogens (tertiary/aromatic N) is 3. The first-order valence-corrected chi connectivity index (χ1v) is 11.2. The number of Topliss-reactive ketones (excluding diaryl/α,β-unsaturated/α-hetero) is 2. The minimum atomic E-state index is -1.30. The minimum absolute atomic E-state index is 0.121. The third-order valence-corrected chi connectivity index (χ3v) is 6.77. The molecule has 5 nitrogen and oxygen atoms in total. The van der Waals surface area contributed by atoms with Crippen LogP contribution in [0.4, 0.5) is 0 Å². The van der Waals surface area contributed by atoms with Crippen molar-refractivity contribution < 1.29 is 9.59 Å². The number of rotatable bonds is 4. The SMILES string of the molecule is O=C1c2ccccc2C(=O)C1(c1cccc(Br)c1)N1CCN(Cc2ccccn2)CC1. The lowest BCUT2D eigenvalue weighted by molar-refractivity contribution is 0.0277. The summed E-state index contributed by atoms with van der Waals surface area (Å²) in [6.07, 6.45) is 1.81. The van der Waals surface area contributed by atoms with Crippen LogP contribution >= 0.6 is 15.9 Å². The lowest BCUT2D eigenvalue weighted by atomic mass is 9.82. The minimum Gasteiger partial charge on any atom is -0.295 e. The van der Waals surface area contributed by atoms with Gasteiger partial charge in [0.15, 0.2) is 17.1 Å². The summed E-state index contributed by atoms with van der Waals surface area (Å²) >= 11 is 3.52. The Morgan fingerprint density at radius 2 is 1.52 bits per heavy atom. The van der Waals surface area contributed by atoms with E-state index in [9.17, 15) is 9.59 Å². The van der Waals surface area contributed by atoms with Crippen molar-refractivity contribution in [3.05, 3.63) is 99.8 Å². The van der Waals surface area contributed by atoms with Crippen LogP contribution in [0.15, 0.2) is 77.4 Å². The summed E-state index contributed by atoms with van der Waals surface area (Å²) in [5, 5.41) is 0. The number of hydrogen-bond acceptors (Lipinski definition) is 5. The zero-order valence-electron chi connectivity index (χ0n) is 17.0. The number of benzene rings is 2. The van der Waals surface area contributed by atoms with Crippen molar-refractivity contribution in [2.24, 2.45) is 0 Å². The Kier molecular flexibility index (Phi) is 5.30. The number of pyridine rings is 1. The maximum Gasteiger partial charge on any atom is 0.196 e. The van der Waals surface area contributed by atoms with Gasteiger partial charge in [0.2, 0.25) is 0 Å². The highest BCUT2D eigenvalue weighted by molar-refractivity contribution is 9.10. The molecule has 0 N–H and O–H groups in total. The average molecular weight is 476 g/mol. The number of piperazine rings is 1. The Morgan fingerprint density at radius 1 is 0.839 bits per heavy atom. The van der Waals surface area contributed by atoms with E-state index < -0.39 is 5.54 Å². The van der Waals surface area contributed by atoms with Gasteiger partial charge < -0.3 is 0 Å². The number of ketones is 2. The molecule has 0 saturated carbocycles. The highest BCUT2D eigenvalue weighted by Gasteiger charge is 2.58. The van der Waals surface area contributed by atoms with Crippen molar-refractivity contribution in [3.8, 4) is 0 Å². The predicted molar refractivity (Wildman–Crippen MR) is 122 cm³/mol. The van der Waals surface area contributed by atoms with Crippen LogP contribution in [-0.4, -0.2) is 52.5 Å². The molecule has 3 aromatic rings. The smallest absolute Gasteiger partial charge is 0.196 e. The van der Waals surface area contributed by atoms with Crippen molar-refractivity contribution >= 4 is 27.5 Å². The number of halogens is 1. The maximum absolute atomic E-state index is 13.8. The molecule has 156 valence electrons. The monoisotopic (exact) mass is 475 g/mol. The van der Waals surface area contributed by atoms with Crippen LogP contribution < -0.4 is 0 Å². The summed E-state index contributed by atoms with van der Waals surface area (Å²) in [6.45, 7) is 3.56. The summed E-state index contributed by atoms with van der Waals surface area (Å²) < 4.78 is 0.856. The number of carbonyl (C=O) groups excluding carboxylic acids is 2. The number of fused-ring (bicyclic) bond motifs is 1. The summed E-state index contributed by atoms with van der Waals surface area (Å²) in [4.78, 5) is 36.4. The van der Waals surface area contributed by atoms with Crippen LogP contribution in [0.1, 0.15) is 32.0 Å². The standard InChI is InChI=1S/C25H22BrN3O2/c26-19-7-5-6-18(16-19)25(23(30)21-9-1-2-10-22(21)24(25)31)29-14-12-28(13-15-29)17-20-8-3-4-11-27-20/h1-11,16H,12-15,17H2. The zero-order chi connectivity index (χ0) is 21.4. The summed E-state index contributed by atoms with van der Waals surface area (Å²) in [5.74, 6) is -0.242. The molecule has 5 rings (SSSR count). The van der Waals surface area contributed by atoms with E-state index in [2.05, 4.69) is 30.7 Å². The average Bonchev–Trinajstić information content (AvgIpc) is 3.03. The quantitative estimate of drug-likeness (QED) is 0.535. The topological polar surface area (TPSA) is 53.5 Å². The van der Waals surface area contributed by atoms with E-state index in [1.807, 2.05) is 54.6 Å². The van der Waals surface area contributed by atoms with Gasteiger partial charge in [-0.25, -0.2) is 0 Å². The molecule has 6 heteroatoms. The second-order valence-corrected chi connectivity index (χ2v) is 8.92. The normalized spacial score (nSPS) is 18.9. The van der Waals surface area contributed by atoms with Gasteiger partial charge in [-0.15, -0.1) is 0 Å². The lowest BCUT2D eigenvalue weighted by Gasteiger charge is -2.44. The molecule has 0 atom stereocenters. The van der Waals surface area contributed by atoms with Crippen LogP contribution in [0.2, 0.25) is 0 Å². The molecule has 2 heterocycles. The van der Waals surface area contributed by atoms with Crippen molar-refractivity contribution in [2.45, 2.75) is 12.1 Å². The van der Waals surface area contributed by atoms with Gasteiger partial charge in [-0.05, 0) is 29.8 Å². The third kappa shape index (κ3) is 3.35. The van der Waals surface area contributed by atoms with E-state index in [1.54, 1.807) is 18.3 Å². The van der Waals surface area contributed by atoms with Crippen LogP contribution in [0.25, 0.3) is 0 Å². The number of carbonyl (C=O) groups is 2. The molecule has 0 radical (unpaired) electrons. The van der Waals surface area contributed by atoms with Crippen LogP contribution in [0, 0.1) is 0 Å². The molecule has 0 bridgehead atoms. The maximum atomic E-state index is 13.8. The number of hydrogen-bond donors (Lipinski definition) is 0. The van der Waals surface area contributed by atoms with E-state index in [0.29, 0.717) is 24.2 Å². The second-order valence-electron chi connectivity index (χ2n) is 8.01. The zero-order valence-corrected chi connectivity index (χ0v) is 18.6. The molecule has 1 fully saturated rings. The molecular weight excluding hydrogens is 454 g/mol. The van der Waals surface area contributed by atoms with Crippen molar-refractivity contribution in [3.63, 3.8) is 0 Å². The Morgan fingerprint density at radius 3 is 2.13 bits per heavy atom. The predicted octanol–water partition coefficient (Wildman–Crippen LogP) is 3.94. The summed E-state index contributed by atoms with van der Waals surface area (Å²) in [7, 11) is 0. The molecular formula is C25H22BrN3O2. The van der Waals surface area contributed by atoms with Crippen LogP contribution in [-0.2, 0) is 12.1 Å². The van der Waals surface area contributed by atoms with Crippen LogP contribution in [0.5, 0.6) is 0 Å². The fourth-order valence-electron chi connectivity index (χ4n) is 4.78. The number of aromatic nitrogens is 1. The fourth-order valence-corrected chi connectivity index (χ4v) is 5.18. The van der Waals surface area contributed by atoms with E-state index >= 15 is 0 Å². The van der Waals surface area contributed by atoms with E-state index in [4.69, 9.17) is 0 Å². The molecule has 0 unspecified atom stereocenters. The lowest BCUT2D eigenvalue weighted by Crippen LogP contribution is -2.60. The Balaban J connectivity index is 1.49.